The van der Waals surface area contributed by atoms with Crippen molar-refractivity contribution in [2.45, 2.75) is 44.8 Å². The molecule has 0 saturated heterocycles. The molecule has 0 radical (unpaired) electrons. The molecule has 7 heteroatoms. The van der Waals surface area contributed by atoms with E-state index in [1.807, 2.05) is 0 Å². The number of hydrogen-bond donors (Lipinski definition) is 0. The van der Waals surface area contributed by atoms with Crippen LogP contribution in [-0.4, -0.2) is 53.7 Å². The molecule has 0 heterocycles. The minimum Gasteiger partial charge on any atom is -0.458 e. The Labute approximate surface area is 139 Å². The molecule has 1 aliphatic rings. The zero-order valence-electron chi connectivity index (χ0n) is 14.1. The van der Waals surface area contributed by atoms with Crippen LogP contribution in [0, 0.1) is 0 Å². The van der Waals surface area contributed by atoms with Gasteiger partial charge in [-0.05, 0) is 44.4 Å². The second-order valence-electron chi connectivity index (χ2n) is 5.39. The molecule has 0 aliphatic heterocycles. The lowest BCUT2D eigenvalue weighted by Crippen LogP contribution is -2.42. The molecule has 22 heavy (non-hydrogen) atoms. The van der Waals surface area contributed by atoms with Gasteiger partial charge in [0.2, 0.25) is 0 Å². The highest BCUT2D eigenvalue weighted by atomic mass is 32.2. The predicted molar refractivity (Wildman–Crippen MR) is 91.0 cm³/mol. The number of carbonyl (C=O) groups excluding carboxylic acids is 1. The average molecular weight is 349 g/mol. The minimum absolute atomic E-state index is 0.0302. The van der Waals surface area contributed by atoms with Crippen LogP contribution in [0.25, 0.3) is 0 Å². The Morgan fingerprint density at radius 2 is 2.00 bits per heavy atom. The Bertz CT molecular complexity index is 363. The summed E-state index contributed by atoms with van der Waals surface area (Å²) in [6.07, 6.45) is 6.09. The van der Waals surface area contributed by atoms with Crippen molar-refractivity contribution in [2.75, 3.05) is 32.8 Å². The van der Waals surface area contributed by atoms with Crippen LogP contribution in [0.15, 0.2) is 11.6 Å². The van der Waals surface area contributed by atoms with E-state index in [9.17, 15) is 4.79 Å². The molecular weight excluding hydrogens is 320 g/mol. The van der Waals surface area contributed by atoms with Crippen molar-refractivity contribution in [3.8, 4) is 0 Å². The van der Waals surface area contributed by atoms with Gasteiger partial charge in [-0.25, -0.2) is 0 Å². The van der Waals surface area contributed by atoms with Crippen LogP contribution in [0.2, 0.25) is 6.04 Å². The van der Waals surface area contributed by atoms with E-state index in [1.165, 1.54) is 5.57 Å². The maximum atomic E-state index is 11.8. The standard InChI is InChI=1S/C15H28O5SSi/c1-13-7-5-8-14(11-13)20-15(16)12-21-9-6-10-22(17-2,18-3)19-4/h11,14H,5-10,12H2,1-4H3. The van der Waals surface area contributed by atoms with E-state index < -0.39 is 8.80 Å². The van der Waals surface area contributed by atoms with Crippen molar-refractivity contribution < 1.29 is 22.8 Å². The molecule has 0 bridgehead atoms. The molecule has 0 aromatic heterocycles. The molecule has 1 rings (SSSR count). The highest BCUT2D eigenvalue weighted by Crippen LogP contribution is 2.21. The van der Waals surface area contributed by atoms with Crippen molar-refractivity contribution in [1.82, 2.24) is 0 Å². The molecule has 1 unspecified atom stereocenters. The van der Waals surface area contributed by atoms with E-state index in [-0.39, 0.29) is 12.1 Å². The van der Waals surface area contributed by atoms with Crippen molar-refractivity contribution >= 4 is 26.5 Å². The van der Waals surface area contributed by atoms with Crippen LogP contribution in [-0.2, 0) is 22.8 Å². The summed E-state index contributed by atoms with van der Waals surface area (Å²) in [7, 11) is 2.37. The SMILES string of the molecule is CO[Si](CCCSCC(=O)OC1C=C(C)CCC1)(OC)OC. The molecular formula is C15H28O5SSi. The largest absolute Gasteiger partial charge is 0.500 e. The van der Waals surface area contributed by atoms with Crippen molar-refractivity contribution in [2.24, 2.45) is 0 Å². The monoisotopic (exact) mass is 348 g/mol. The molecule has 0 N–H and O–H groups in total. The summed E-state index contributed by atoms with van der Waals surface area (Å²) in [6, 6.07) is 0.753. The average Bonchev–Trinajstić information content (AvgIpc) is 2.51. The number of rotatable bonds is 10. The van der Waals surface area contributed by atoms with E-state index in [0.717, 1.165) is 37.5 Å². The Morgan fingerprint density at radius 1 is 1.32 bits per heavy atom. The quantitative estimate of drug-likeness (QED) is 0.262. The van der Waals surface area contributed by atoms with Crippen LogP contribution in [0.4, 0.5) is 0 Å². The molecule has 0 aromatic carbocycles. The number of ether oxygens (including phenoxy) is 1. The molecule has 0 fully saturated rings. The van der Waals surface area contributed by atoms with Gasteiger partial charge in [0.25, 0.3) is 0 Å². The highest BCUT2D eigenvalue weighted by Gasteiger charge is 2.36. The first-order valence-corrected chi connectivity index (χ1v) is 10.7. The predicted octanol–water partition coefficient (Wildman–Crippen LogP) is 3.03. The lowest BCUT2D eigenvalue weighted by atomic mass is 9.99. The fourth-order valence-electron chi connectivity index (χ4n) is 2.46. The topological polar surface area (TPSA) is 54.0 Å². The lowest BCUT2D eigenvalue weighted by Gasteiger charge is -2.24. The summed E-state index contributed by atoms with van der Waals surface area (Å²) >= 11 is 1.58. The van der Waals surface area contributed by atoms with Crippen molar-refractivity contribution in [1.29, 1.82) is 0 Å². The van der Waals surface area contributed by atoms with Gasteiger partial charge in [0.05, 0.1) is 5.75 Å². The first-order chi connectivity index (χ1) is 10.5. The zero-order chi connectivity index (χ0) is 16.4. The van der Waals surface area contributed by atoms with Gasteiger partial charge in [-0.2, -0.15) is 11.8 Å². The Kier molecular flexibility index (Phi) is 9.35. The smallest absolute Gasteiger partial charge is 0.458 e. The fourth-order valence-corrected chi connectivity index (χ4v) is 5.17. The highest BCUT2D eigenvalue weighted by molar-refractivity contribution is 7.99. The Hall–Kier alpha value is -0.343. The summed E-state index contributed by atoms with van der Waals surface area (Å²) in [4.78, 5) is 11.8. The van der Waals surface area contributed by atoms with Gasteiger partial charge in [-0.1, -0.05) is 5.57 Å². The van der Waals surface area contributed by atoms with E-state index in [0.29, 0.717) is 5.75 Å². The third-order valence-electron chi connectivity index (χ3n) is 3.74. The maximum Gasteiger partial charge on any atom is 0.500 e. The van der Waals surface area contributed by atoms with E-state index in [4.69, 9.17) is 18.0 Å². The van der Waals surface area contributed by atoms with Gasteiger partial charge in [0.1, 0.15) is 6.10 Å². The third-order valence-corrected chi connectivity index (χ3v) is 7.59. The maximum absolute atomic E-state index is 11.8. The summed E-state index contributed by atoms with van der Waals surface area (Å²) in [5.74, 6) is 1.12. The number of allylic oxidation sites excluding steroid dienone is 1. The van der Waals surface area contributed by atoms with Gasteiger partial charge in [0, 0.05) is 27.4 Å². The minimum atomic E-state index is -2.47. The second-order valence-corrected chi connectivity index (χ2v) is 9.58. The fraction of sp³-hybridized carbons (Fsp3) is 0.800. The first-order valence-electron chi connectivity index (χ1n) is 7.65. The number of thioether (sulfide) groups is 1. The molecule has 0 saturated carbocycles. The zero-order valence-corrected chi connectivity index (χ0v) is 15.9. The third kappa shape index (κ3) is 6.83. The molecule has 5 nitrogen and oxygen atoms in total. The van der Waals surface area contributed by atoms with Gasteiger partial charge in [-0.15, -0.1) is 0 Å². The molecule has 0 aromatic rings. The summed E-state index contributed by atoms with van der Waals surface area (Å²) in [5.41, 5.74) is 1.32. The van der Waals surface area contributed by atoms with Gasteiger partial charge < -0.3 is 18.0 Å². The van der Waals surface area contributed by atoms with Crippen molar-refractivity contribution in [3.05, 3.63) is 11.6 Å². The van der Waals surface area contributed by atoms with Crippen LogP contribution in [0.1, 0.15) is 32.6 Å². The number of carbonyl (C=O) groups is 1. The Balaban J connectivity index is 2.16. The van der Waals surface area contributed by atoms with Crippen LogP contribution >= 0.6 is 11.8 Å². The number of esters is 1. The van der Waals surface area contributed by atoms with E-state index >= 15 is 0 Å². The van der Waals surface area contributed by atoms with Crippen LogP contribution in [0.3, 0.4) is 0 Å². The van der Waals surface area contributed by atoms with Crippen molar-refractivity contribution in [3.63, 3.8) is 0 Å². The molecule has 1 aliphatic carbocycles. The molecule has 0 spiro atoms. The number of hydrogen-bond acceptors (Lipinski definition) is 6. The van der Waals surface area contributed by atoms with Gasteiger partial charge in [0.15, 0.2) is 0 Å². The molecule has 1 atom stereocenters. The Morgan fingerprint density at radius 3 is 2.59 bits per heavy atom. The second kappa shape index (κ2) is 10.4. The van der Waals surface area contributed by atoms with E-state index in [1.54, 1.807) is 33.1 Å². The summed E-state index contributed by atoms with van der Waals surface area (Å²) in [6.45, 7) is 2.09. The van der Waals surface area contributed by atoms with E-state index in [2.05, 4.69) is 13.0 Å². The van der Waals surface area contributed by atoms with Gasteiger partial charge >= 0.3 is 14.8 Å². The molecule has 0 amide bonds. The van der Waals surface area contributed by atoms with Crippen LogP contribution in [0.5, 0.6) is 0 Å². The lowest BCUT2D eigenvalue weighted by molar-refractivity contribution is -0.144. The van der Waals surface area contributed by atoms with Gasteiger partial charge in [-0.3, -0.25) is 4.79 Å². The summed E-state index contributed by atoms with van der Waals surface area (Å²) < 4.78 is 21.6. The summed E-state index contributed by atoms with van der Waals surface area (Å²) in [5, 5.41) is 0. The molecule has 128 valence electrons. The normalized spacial score (nSPS) is 18.9. The first kappa shape index (κ1) is 19.7. The van der Waals surface area contributed by atoms with Crippen LogP contribution < -0.4 is 0 Å².